The quantitative estimate of drug-likeness (QED) is 0.617. The van der Waals surface area contributed by atoms with Crippen molar-refractivity contribution in [1.82, 2.24) is 10.2 Å². The number of halogens is 4. The van der Waals surface area contributed by atoms with Gasteiger partial charge in [-0.25, -0.2) is 22.4 Å². The summed E-state index contributed by atoms with van der Waals surface area (Å²) in [7, 11) is 0. The number of urea groups is 1. The Morgan fingerprint density at radius 3 is 2.29 bits per heavy atom. The number of rotatable bonds is 4. The smallest absolute Gasteiger partial charge is 0.324 e. The first-order valence-electron chi connectivity index (χ1n) is 7.96. The molecule has 1 fully saturated rings. The van der Waals surface area contributed by atoms with Crippen molar-refractivity contribution < 1.29 is 31.9 Å². The normalized spacial score (nSPS) is 19.0. The molecular weight excluding hydrogens is 382 g/mol. The van der Waals surface area contributed by atoms with Crippen LogP contribution in [0.1, 0.15) is 12.5 Å². The molecule has 6 nitrogen and oxygen atoms in total. The van der Waals surface area contributed by atoms with Gasteiger partial charge in [-0.2, -0.15) is 0 Å². The molecule has 1 aliphatic heterocycles. The van der Waals surface area contributed by atoms with Crippen LogP contribution in [0.3, 0.4) is 0 Å². The first-order valence-corrected chi connectivity index (χ1v) is 7.96. The van der Waals surface area contributed by atoms with Crippen molar-refractivity contribution in [2.75, 3.05) is 11.9 Å². The number of carbonyl (C=O) groups is 3. The predicted octanol–water partition coefficient (Wildman–Crippen LogP) is 2.65. The van der Waals surface area contributed by atoms with E-state index in [1.807, 2.05) is 0 Å². The van der Waals surface area contributed by atoms with Gasteiger partial charge in [0.15, 0.2) is 11.6 Å². The molecule has 0 aromatic heterocycles. The standard InChI is InChI=1S/C18H13F4N3O3/c1-18(9-2-3-13(21)14(22)4-9)16(27)25(17(28)24-18)8-15(26)23-12-6-10(19)5-11(20)7-12/h2-7H,8H2,1H3,(H,23,26)(H,24,28). The van der Waals surface area contributed by atoms with E-state index in [-0.39, 0.29) is 11.3 Å². The third kappa shape index (κ3) is 3.53. The van der Waals surface area contributed by atoms with Gasteiger partial charge < -0.3 is 10.6 Å². The van der Waals surface area contributed by atoms with Crippen molar-refractivity contribution in [2.24, 2.45) is 0 Å². The van der Waals surface area contributed by atoms with E-state index in [1.54, 1.807) is 0 Å². The molecule has 2 aromatic carbocycles. The monoisotopic (exact) mass is 395 g/mol. The molecule has 4 amide bonds. The molecule has 1 saturated heterocycles. The number of nitrogens with zero attached hydrogens (tertiary/aromatic N) is 1. The van der Waals surface area contributed by atoms with Crippen LogP contribution in [-0.4, -0.2) is 29.3 Å². The summed E-state index contributed by atoms with van der Waals surface area (Å²) in [4.78, 5) is 37.5. The molecule has 1 aliphatic rings. The molecule has 0 aliphatic carbocycles. The maximum absolute atomic E-state index is 13.5. The molecule has 0 spiro atoms. The molecule has 0 radical (unpaired) electrons. The fourth-order valence-electron chi connectivity index (χ4n) is 2.81. The summed E-state index contributed by atoms with van der Waals surface area (Å²) < 4.78 is 53.0. The molecular formula is C18H13F4N3O3. The van der Waals surface area contributed by atoms with Crippen LogP contribution in [0.5, 0.6) is 0 Å². The summed E-state index contributed by atoms with van der Waals surface area (Å²) >= 11 is 0. The highest BCUT2D eigenvalue weighted by Gasteiger charge is 2.49. The maximum atomic E-state index is 13.5. The minimum absolute atomic E-state index is 0.0140. The fraction of sp³-hybridized carbons (Fsp3) is 0.167. The SMILES string of the molecule is CC1(c2ccc(F)c(F)c2)NC(=O)N(CC(=O)Nc2cc(F)cc(F)c2)C1=O. The van der Waals surface area contributed by atoms with Gasteiger partial charge in [0.25, 0.3) is 5.91 Å². The lowest BCUT2D eigenvalue weighted by Gasteiger charge is -2.22. The fourth-order valence-corrected chi connectivity index (χ4v) is 2.81. The second-order valence-electron chi connectivity index (χ2n) is 6.28. The van der Waals surface area contributed by atoms with E-state index < -0.39 is 53.2 Å². The Balaban J connectivity index is 1.77. The highest BCUT2D eigenvalue weighted by molar-refractivity contribution is 6.10. The minimum Gasteiger partial charge on any atom is -0.324 e. The molecule has 1 heterocycles. The van der Waals surface area contributed by atoms with Crippen LogP contribution in [-0.2, 0) is 15.1 Å². The molecule has 1 unspecified atom stereocenters. The molecule has 28 heavy (non-hydrogen) atoms. The molecule has 3 rings (SSSR count). The maximum Gasteiger partial charge on any atom is 0.325 e. The van der Waals surface area contributed by atoms with Gasteiger partial charge in [0.2, 0.25) is 5.91 Å². The zero-order valence-corrected chi connectivity index (χ0v) is 14.4. The molecule has 0 bridgehead atoms. The summed E-state index contributed by atoms with van der Waals surface area (Å²) in [5.74, 6) is -5.92. The number of hydrogen-bond acceptors (Lipinski definition) is 3. The van der Waals surface area contributed by atoms with Gasteiger partial charge in [0.1, 0.15) is 23.7 Å². The van der Waals surface area contributed by atoms with Crippen molar-refractivity contribution in [3.63, 3.8) is 0 Å². The topological polar surface area (TPSA) is 78.5 Å². The van der Waals surface area contributed by atoms with Gasteiger partial charge in [-0.3, -0.25) is 14.5 Å². The average Bonchev–Trinajstić information content (AvgIpc) is 2.80. The van der Waals surface area contributed by atoms with Crippen LogP contribution < -0.4 is 10.6 Å². The Morgan fingerprint density at radius 1 is 1.04 bits per heavy atom. The zero-order valence-electron chi connectivity index (χ0n) is 14.4. The van der Waals surface area contributed by atoms with Crippen molar-refractivity contribution in [3.05, 3.63) is 65.2 Å². The summed E-state index contributed by atoms with van der Waals surface area (Å²) in [6, 6.07) is 4.11. The number of hydrogen-bond donors (Lipinski definition) is 2. The molecule has 2 aromatic rings. The minimum atomic E-state index is -1.71. The Morgan fingerprint density at radius 2 is 1.68 bits per heavy atom. The predicted molar refractivity (Wildman–Crippen MR) is 88.9 cm³/mol. The summed E-state index contributed by atoms with van der Waals surface area (Å²) in [5.41, 5.74) is -1.92. The molecule has 1 atom stereocenters. The first kappa shape index (κ1) is 19.3. The third-order valence-electron chi connectivity index (χ3n) is 4.22. The number of imide groups is 1. The average molecular weight is 395 g/mol. The van der Waals surface area contributed by atoms with E-state index in [0.29, 0.717) is 11.0 Å². The van der Waals surface area contributed by atoms with Gasteiger partial charge in [-0.1, -0.05) is 6.07 Å². The lowest BCUT2D eigenvalue weighted by atomic mass is 9.92. The van der Waals surface area contributed by atoms with Gasteiger partial charge >= 0.3 is 6.03 Å². The van der Waals surface area contributed by atoms with E-state index in [2.05, 4.69) is 10.6 Å². The van der Waals surface area contributed by atoms with E-state index in [1.165, 1.54) is 6.92 Å². The number of benzene rings is 2. The molecule has 10 heteroatoms. The van der Waals surface area contributed by atoms with E-state index in [0.717, 1.165) is 30.3 Å². The van der Waals surface area contributed by atoms with Gasteiger partial charge in [0, 0.05) is 11.8 Å². The largest absolute Gasteiger partial charge is 0.325 e. The lowest BCUT2D eigenvalue weighted by Crippen LogP contribution is -2.42. The van der Waals surface area contributed by atoms with Crippen LogP contribution in [0.15, 0.2) is 36.4 Å². The first-order chi connectivity index (χ1) is 13.1. The number of nitrogens with one attached hydrogen (secondary N) is 2. The second kappa shape index (κ2) is 6.95. The van der Waals surface area contributed by atoms with Crippen molar-refractivity contribution in [1.29, 1.82) is 0 Å². The zero-order chi connectivity index (χ0) is 20.6. The van der Waals surface area contributed by atoms with Gasteiger partial charge in [0.05, 0.1) is 0 Å². The third-order valence-corrected chi connectivity index (χ3v) is 4.22. The Bertz CT molecular complexity index is 978. The Labute approximate surface area is 156 Å². The summed E-state index contributed by atoms with van der Waals surface area (Å²) in [6.45, 7) is 0.530. The number of anilines is 1. The molecule has 2 N–H and O–H groups in total. The van der Waals surface area contributed by atoms with Crippen LogP contribution in [0.2, 0.25) is 0 Å². The van der Waals surface area contributed by atoms with E-state index in [4.69, 9.17) is 0 Å². The van der Waals surface area contributed by atoms with Crippen LogP contribution in [0.4, 0.5) is 28.0 Å². The van der Waals surface area contributed by atoms with Crippen LogP contribution in [0.25, 0.3) is 0 Å². The van der Waals surface area contributed by atoms with E-state index in [9.17, 15) is 31.9 Å². The molecule has 146 valence electrons. The molecule has 0 saturated carbocycles. The highest BCUT2D eigenvalue weighted by Crippen LogP contribution is 2.29. The highest BCUT2D eigenvalue weighted by atomic mass is 19.2. The van der Waals surface area contributed by atoms with Gasteiger partial charge in [-0.15, -0.1) is 0 Å². The number of carbonyl (C=O) groups excluding carboxylic acids is 3. The Hall–Kier alpha value is -3.43. The Kier molecular flexibility index (Phi) is 4.80. The van der Waals surface area contributed by atoms with Crippen LogP contribution in [0, 0.1) is 23.3 Å². The number of amides is 4. The van der Waals surface area contributed by atoms with Crippen LogP contribution >= 0.6 is 0 Å². The lowest BCUT2D eigenvalue weighted by molar-refractivity contribution is -0.133. The van der Waals surface area contributed by atoms with E-state index >= 15 is 0 Å². The van der Waals surface area contributed by atoms with Crippen molar-refractivity contribution in [3.8, 4) is 0 Å². The van der Waals surface area contributed by atoms with Crippen molar-refractivity contribution in [2.45, 2.75) is 12.5 Å². The van der Waals surface area contributed by atoms with Gasteiger partial charge in [-0.05, 0) is 36.8 Å². The summed E-state index contributed by atoms with van der Waals surface area (Å²) in [6.07, 6.45) is 0. The van der Waals surface area contributed by atoms with Crippen molar-refractivity contribution >= 4 is 23.5 Å². The summed E-state index contributed by atoms with van der Waals surface area (Å²) in [5, 5.41) is 4.50. The second-order valence-corrected chi connectivity index (χ2v) is 6.28.